The number of carbonyl (C=O) groups excluding carboxylic acids is 1. The van der Waals surface area contributed by atoms with Crippen molar-refractivity contribution >= 4 is 33.0 Å². The van der Waals surface area contributed by atoms with Crippen LogP contribution in [-0.4, -0.2) is 20.6 Å². The van der Waals surface area contributed by atoms with Gasteiger partial charge in [-0.2, -0.15) is 0 Å². The van der Waals surface area contributed by atoms with Gasteiger partial charge in [0.1, 0.15) is 0 Å². The standard InChI is InChI=1S/C21H19ClN2O3S/c1-28(26,27)18-12-13-20(22)19(14-18)21(25)23-24(17-10-6-3-7-11-17)15-16-8-4-2-5-9-16/h2-14H,15H2,1H3,(H,23,25). The summed E-state index contributed by atoms with van der Waals surface area (Å²) in [7, 11) is -3.46. The first-order valence-corrected chi connectivity index (χ1v) is 10.8. The summed E-state index contributed by atoms with van der Waals surface area (Å²) in [6, 6.07) is 23.1. The molecule has 0 saturated heterocycles. The molecule has 28 heavy (non-hydrogen) atoms. The van der Waals surface area contributed by atoms with E-state index < -0.39 is 15.7 Å². The van der Waals surface area contributed by atoms with Gasteiger partial charge in [0.15, 0.2) is 9.84 Å². The molecule has 3 rings (SSSR count). The third-order valence-corrected chi connectivity index (χ3v) is 5.54. The van der Waals surface area contributed by atoms with Crippen LogP contribution in [0.15, 0.2) is 83.8 Å². The van der Waals surface area contributed by atoms with Gasteiger partial charge in [-0.15, -0.1) is 0 Å². The van der Waals surface area contributed by atoms with Gasteiger partial charge < -0.3 is 0 Å². The van der Waals surface area contributed by atoms with Crippen molar-refractivity contribution in [1.82, 2.24) is 5.43 Å². The first-order valence-electron chi connectivity index (χ1n) is 8.52. The van der Waals surface area contributed by atoms with Crippen LogP contribution in [0.1, 0.15) is 15.9 Å². The van der Waals surface area contributed by atoms with Crippen LogP contribution in [0.5, 0.6) is 0 Å². The smallest absolute Gasteiger partial charge is 0.271 e. The predicted molar refractivity (Wildman–Crippen MR) is 111 cm³/mol. The minimum atomic E-state index is -3.46. The van der Waals surface area contributed by atoms with Crippen LogP contribution in [0.2, 0.25) is 5.02 Å². The zero-order valence-electron chi connectivity index (χ0n) is 15.2. The molecule has 0 aliphatic heterocycles. The van der Waals surface area contributed by atoms with Crippen LogP contribution < -0.4 is 10.4 Å². The summed E-state index contributed by atoms with van der Waals surface area (Å²) in [5, 5.41) is 1.87. The number of sulfone groups is 1. The van der Waals surface area contributed by atoms with E-state index in [2.05, 4.69) is 5.43 Å². The molecule has 0 bridgehead atoms. The van der Waals surface area contributed by atoms with E-state index >= 15 is 0 Å². The molecule has 5 nitrogen and oxygen atoms in total. The Bertz CT molecular complexity index is 1070. The molecule has 144 valence electrons. The number of hydrogen-bond acceptors (Lipinski definition) is 4. The molecule has 0 aliphatic rings. The number of halogens is 1. The first kappa shape index (κ1) is 19.9. The highest BCUT2D eigenvalue weighted by Crippen LogP contribution is 2.22. The molecule has 3 aromatic carbocycles. The number of anilines is 1. The maximum absolute atomic E-state index is 12.9. The quantitative estimate of drug-likeness (QED) is 0.617. The van der Waals surface area contributed by atoms with E-state index in [1.807, 2.05) is 60.7 Å². The fourth-order valence-electron chi connectivity index (χ4n) is 2.66. The SMILES string of the molecule is CS(=O)(=O)c1ccc(Cl)c(C(=O)NN(Cc2ccccc2)c2ccccc2)c1. The van der Waals surface area contributed by atoms with Gasteiger partial charge in [0.2, 0.25) is 0 Å². The number of hydrogen-bond donors (Lipinski definition) is 1. The Morgan fingerprint density at radius 3 is 2.18 bits per heavy atom. The van der Waals surface area contributed by atoms with Gasteiger partial charge in [-0.05, 0) is 35.9 Å². The Balaban J connectivity index is 1.91. The number of amides is 1. The van der Waals surface area contributed by atoms with Gasteiger partial charge in [-0.1, -0.05) is 60.1 Å². The maximum Gasteiger partial charge on any atom is 0.271 e. The number of rotatable bonds is 6. The van der Waals surface area contributed by atoms with Crippen LogP contribution in [0.25, 0.3) is 0 Å². The average Bonchev–Trinajstić information content (AvgIpc) is 2.68. The van der Waals surface area contributed by atoms with Crippen LogP contribution in [0, 0.1) is 0 Å². The molecule has 3 aromatic rings. The average molecular weight is 415 g/mol. The normalized spacial score (nSPS) is 11.1. The van der Waals surface area contributed by atoms with Crippen LogP contribution in [0.4, 0.5) is 5.69 Å². The lowest BCUT2D eigenvalue weighted by Crippen LogP contribution is -2.42. The van der Waals surface area contributed by atoms with E-state index in [1.54, 1.807) is 5.01 Å². The second-order valence-electron chi connectivity index (χ2n) is 6.26. The van der Waals surface area contributed by atoms with E-state index in [9.17, 15) is 13.2 Å². The number of nitrogens with one attached hydrogen (secondary N) is 1. The highest BCUT2D eigenvalue weighted by atomic mass is 35.5. The van der Waals surface area contributed by atoms with Crippen molar-refractivity contribution in [3.8, 4) is 0 Å². The number of benzene rings is 3. The molecular formula is C21H19ClN2O3S. The van der Waals surface area contributed by atoms with Crippen molar-refractivity contribution in [2.75, 3.05) is 11.3 Å². The fourth-order valence-corrected chi connectivity index (χ4v) is 3.51. The van der Waals surface area contributed by atoms with E-state index in [-0.39, 0.29) is 15.5 Å². The molecule has 0 saturated carbocycles. The Morgan fingerprint density at radius 2 is 1.57 bits per heavy atom. The molecule has 0 aliphatic carbocycles. The monoisotopic (exact) mass is 414 g/mol. The lowest BCUT2D eigenvalue weighted by Gasteiger charge is -2.26. The van der Waals surface area contributed by atoms with E-state index in [0.29, 0.717) is 6.54 Å². The number of hydrazine groups is 1. The maximum atomic E-state index is 12.9. The molecule has 0 radical (unpaired) electrons. The van der Waals surface area contributed by atoms with Gasteiger partial charge in [-0.3, -0.25) is 15.2 Å². The van der Waals surface area contributed by atoms with Crippen LogP contribution >= 0.6 is 11.6 Å². The summed E-state index contributed by atoms with van der Waals surface area (Å²) < 4.78 is 23.6. The van der Waals surface area contributed by atoms with Crippen molar-refractivity contribution in [3.63, 3.8) is 0 Å². The third-order valence-electron chi connectivity index (χ3n) is 4.10. The number of carbonyl (C=O) groups is 1. The molecule has 0 unspecified atom stereocenters. The molecule has 0 atom stereocenters. The van der Waals surface area contributed by atoms with Gasteiger partial charge in [0.05, 0.1) is 27.7 Å². The van der Waals surface area contributed by atoms with Crippen molar-refractivity contribution in [2.45, 2.75) is 11.4 Å². The second-order valence-corrected chi connectivity index (χ2v) is 8.68. The molecule has 1 N–H and O–H groups in total. The zero-order valence-corrected chi connectivity index (χ0v) is 16.7. The molecule has 0 fully saturated rings. The van der Waals surface area contributed by atoms with Crippen molar-refractivity contribution in [3.05, 3.63) is 95.0 Å². The van der Waals surface area contributed by atoms with Crippen molar-refractivity contribution in [1.29, 1.82) is 0 Å². The summed E-state index contributed by atoms with van der Waals surface area (Å²) in [6.07, 6.45) is 1.09. The predicted octanol–water partition coefficient (Wildman–Crippen LogP) is 4.10. The lowest BCUT2D eigenvalue weighted by molar-refractivity contribution is 0.0948. The van der Waals surface area contributed by atoms with E-state index in [1.165, 1.54) is 18.2 Å². The Kier molecular flexibility index (Phi) is 6.02. The molecule has 1 amide bonds. The largest absolute Gasteiger partial charge is 0.281 e. The van der Waals surface area contributed by atoms with Crippen LogP contribution in [-0.2, 0) is 16.4 Å². The minimum Gasteiger partial charge on any atom is -0.281 e. The topological polar surface area (TPSA) is 66.5 Å². The highest BCUT2D eigenvalue weighted by molar-refractivity contribution is 7.90. The molecule has 7 heteroatoms. The lowest BCUT2D eigenvalue weighted by atomic mass is 10.2. The Hall–Kier alpha value is -2.83. The van der Waals surface area contributed by atoms with Gasteiger partial charge in [-0.25, -0.2) is 8.42 Å². The Labute approximate surface area is 169 Å². The summed E-state index contributed by atoms with van der Waals surface area (Å²) in [5.74, 6) is -0.490. The second kappa shape index (κ2) is 8.46. The Morgan fingerprint density at radius 1 is 0.964 bits per heavy atom. The van der Waals surface area contributed by atoms with Crippen molar-refractivity contribution < 1.29 is 13.2 Å². The minimum absolute atomic E-state index is 0.0383. The fraction of sp³-hybridized carbons (Fsp3) is 0.0952. The van der Waals surface area contributed by atoms with Gasteiger partial charge >= 0.3 is 0 Å². The molecular weight excluding hydrogens is 396 g/mol. The van der Waals surface area contributed by atoms with Gasteiger partial charge in [0, 0.05) is 6.26 Å². The van der Waals surface area contributed by atoms with E-state index in [0.717, 1.165) is 17.5 Å². The molecule has 0 heterocycles. The first-order chi connectivity index (χ1) is 13.3. The number of para-hydroxylation sites is 1. The summed E-state index contributed by atoms with van der Waals surface area (Å²) >= 11 is 6.16. The number of nitrogens with zero attached hydrogens (tertiary/aromatic N) is 1. The van der Waals surface area contributed by atoms with Gasteiger partial charge in [0.25, 0.3) is 5.91 Å². The van der Waals surface area contributed by atoms with E-state index in [4.69, 9.17) is 11.6 Å². The summed E-state index contributed by atoms with van der Waals surface area (Å²) in [4.78, 5) is 12.9. The molecule has 0 aromatic heterocycles. The van der Waals surface area contributed by atoms with Crippen molar-refractivity contribution in [2.24, 2.45) is 0 Å². The molecule has 0 spiro atoms. The summed E-state index contributed by atoms with van der Waals surface area (Å²) in [5.41, 5.74) is 4.72. The highest BCUT2D eigenvalue weighted by Gasteiger charge is 2.18. The zero-order chi connectivity index (χ0) is 20.1. The summed E-state index contributed by atoms with van der Waals surface area (Å²) in [6.45, 7) is 0.431. The van der Waals surface area contributed by atoms with Crippen LogP contribution in [0.3, 0.4) is 0 Å². The third kappa shape index (κ3) is 4.91.